The van der Waals surface area contributed by atoms with Gasteiger partial charge >= 0.3 is 0 Å². The third-order valence-electron chi connectivity index (χ3n) is 3.35. The minimum atomic E-state index is 0.411. The number of allylic oxidation sites excluding steroid dienone is 1. The Labute approximate surface area is 143 Å². The van der Waals surface area contributed by atoms with Crippen molar-refractivity contribution >= 4 is 11.8 Å². The fraction of sp³-hybridized carbons (Fsp3) is 0.444. The second-order valence-corrected chi connectivity index (χ2v) is 6.78. The molecule has 4 nitrogen and oxygen atoms in total. The van der Waals surface area contributed by atoms with Gasteiger partial charge in [-0.05, 0) is 30.0 Å². The second-order valence-electron chi connectivity index (χ2n) is 5.79. The third kappa shape index (κ3) is 5.13. The normalized spacial score (nSPS) is 11.0. The van der Waals surface area contributed by atoms with Crippen molar-refractivity contribution in [3.63, 3.8) is 0 Å². The number of hydrogen-bond donors (Lipinski definition) is 0. The van der Waals surface area contributed by atoms with Gasteiger partial charge in [0.25, 0.3) is 0 Å². The summed E-state index contributed by atoms with van der Waals surface area (Å²) in [6.07, 6.45) is 2.90. The van der Waals surface area contributed by atoms with Crippen LogP contribution in [0.2, 0.25) is 0 Å². The molecule has 0 saturated heterocycles. The monoisotopic (exact) mass is 331 g/mol. The van der Waals surface area contributed by atoms with E-state index in [0.717, 1.165) is 28.9 Å². The lowest BCUT2D eigenvalue weighted by atomic mass is 10.2. The highest BCUT2D eigenvalue weighted by molar-refractivity contribution is 7.99. The Kier molecular flexibility index (Phi) is 6.71. The fourth-order valence-electron chi connectivity index (χ4n) is 2.06. The predicted octanol–water partition coefficient (Wildman–Crippen LogP) is 4.35. The quantitative estimate of drug-likeness (QED) is 0.506. The van der Waals surface area contributed by atoms with E-state index in [-0.39, 0.29) is 0 Å². The summed E-state index contributed by atoms with van der Waals surface area (Å²) < 4.78 is 7.92. The molecule has 0 bridgehead atoms. The first-order chi connectivity index (χ1) is 11.1. The van der Waals surface area contributed by atoms with Crippen LogP contribution >= 0.6 is 11.8 Å². The van der Waals surface area contributed by atoms with Gasteiger partial charge in [-0.2, -0.15) is 0 Å². The van der Waals surface area contributed by atoms with E-state index >= 15 is 0 Å². The van der Waals surface area contributed by atoms with Crippen molar-refractivity contribution < 1.29 is 4.74 Å². The second kappa shape index (κ2) is 8.77. The Morgan fingerprint density at radius 3 is 2.61 bits per heavy atom. The number of aromatic nitrogens is 3. The molecule has 0 saturated carbocycles. The van der Waals surface area contributed by atoms with E-state index in [1.54, 1.807) is 11.8 Å². The van der Waals surface area contributed by atoms with Gasteiger partial charge in [-0.3, -0.25) is 4.57 Å². The van der Waals surface area contributed by atoms with E-state index in [9.17, 15) is 0 Å². The minimum Gasteiger partial charge on any atom is -0.486 e. The molecule has 1 aromatic carbocycles. The molecule has 0 fully saturated rings. The van der Waals surface area contributed by atoms with Gasteiger partial charge in [0, 0.05) is 12.3 Å². The van der Waals surface area contributed by atoms with Crippen molar-refractivity contribution in [3.8, 4) is 5.75 Å². The van der Waals surface area contributed by atoms with Gasteiger partial charge in [-0.25, -0.2) is 0 Å². The molecule has 0 N–H and O–H groups in total. The Balaban J connectivity index is 2.04. The van der Waals surface area contributed by atoms with E-state index < -0.39 is 0 Å². The fourth-order valence-corrected chi connectivity index (χ4v) is 2.97. The smallest absolute Gasteiger partial charge is 0.191 e. The molecule has 0 atom stereocenters. The van der Waals surface area contributed by atoms with E-state index in [1.807, 2.05) is 18.2 Å². The molecular weight excluding hydrogens is 306 g/mol. The zero-order valence-electron chi connectivity index (χ0n) is 14.2. The number of rotatable bonds is 9. The van der Waals surface area contributed by atoms with Crippen LogP contribution in [0.3, 0.4) is 0 Å². The SMILES string of the molecule is C=CCn1c(COc2ccc(CC)cc2)nnc1SCC(C)C. The van der Waals surface area contributed by atoms with E-state index in [1.165, 1.54) is 5.56 Å². The summed E-state index contributed by atoms with van der Waals surface area (Å²) in [6.45, 7) is 11.5. The molecule has 0 aliphatic heterocycles. The van der Waals surface area contributed by atoms with Crippen molar-refractivity contribution in [1.29, 1.82) is 0 Å². The summed E-state index contributed by atoms with van der Waals surface area (Å²) in [5.74, 6) is 3.32. The van der Waals surface area contributed by atoms with Crippen LogP contribution in [0.5, 0.6) is 5.75 Å². The summed E-state index contributed by atoms with van der Waals surface area (Å²) >= 11 is 1.73. The molecule has 2 aromatic rings. The van der Waals surface area contributed by atoms with Crippen LogP contribution < -0.4 is 4.74 Å². The number of aryl methyl sites for hydroxylation is 1. The Morgan fingerprint density at radius 2 is 2.00 bits per heavy atom. The summed E-state index contributed by atoms with van der Waals surface area (Å²) in [7, 11) is 0. The lowest BCUT2D eigenvalue weighted by Gasteiger charge is -2.10. The largest absolute Gasteiger partial charge is 0.486 e. The van der Waals surface area contributed by atoms with Crippen LogP contribution in [0.4, 0.5) is 0 Å². The number of nitrogens with zero attached hydrogens (tertiary/aromatic N) is 3. The molecule has 0 unspecified atom stereocenters. The van der Waals surface area contributed by atoms with Gasteiger partial charge in [0.05, 0.1) is 0 Å². The highest BCUT2D eigenvalue weighted by Gasteiger charge is 2.12. The maximum absolute atomic E-state index is 5.85. The molecule has 1 heterocycles. The Bertz CT molecular complexity index is 620. The molecule has 0 spiro atoms. The van der Waals surface area contributed by atoms with Gasteiger partial charge in [0.15, 0.2) is 11.0 Å². The highest BCUT2D eigenvalue weighted by atomic mass is 32.2. The number of ether oxygens (including phenoxy) is 1. The van der Waals surface area contributed by atoms with Crippen LogP contribution in [0.15, 0.2) is 42.1 Å². The maximum atomic E-state index is 5.85. The summed E-state index contributed by atoms with van der Waals surface area (Å²) in [5, 5.41) is 9.50. The van der Waals surface area contributed by atoms with Crippen LogP contribution in [0.1, 0.15) is 32.2 Å². The van der Waals surface area contributed by atoms with Gasteiger partial charge in [-0.1, -0.05) is 50.7 Å². The first-order valence-corrected chi connectivity index (χ1v) is 9.00. The van der Waals surface area contributed by atoms with Crippen molar-refractivity contribution in [1.82, 2.24) is 14.8 Å². The first kappa shape index (κ1) is 17.6. The topological polar surface area (TPSA) is 39.9 Å². The molecule has 1 aromatic heterocycles. The number of benzene rings is 1. The van der Waals surface area contributed by atoms with Crippen molar-refractivity contribution in [2.75, 3.05) is 5.75 Å². The number of thioether (sulfide) groups is 1. The van der Waals surface area contributed by atoms with Gasteiger partial charge in [0.1, 0.15) is 12.4 Å². The summed E-state index contributed by atoms with van der Waals surface area (Å²) in [4.78, 5) is 0. The molecule has 0 radical (unpaired) electrons. The van der Waals surface area contributed by atoms with Crippen molar-refractivity contribution in [2.45, 2.75) is 45.5 Å². The Hall–Kier alpha value is -1.75. The van der Waals surface area contributed by atoms with Crippen LogP contribution in [0.25, 0.3) is 0 Å². The van der Waals surface area contributed by atoms with Crippen molar-refractivity contribution in [3.05, 3.63) is 48.3 Å². The van der Waals surface area contributed by atoms with Crippen molar-refractivity contribution in [2.24, 2.45) is 5.92 Å². The summed E-state index contributed by atoms with van der Waals surface area (Å²) in [5.41, 5.74) is 1.31. The van der Waals surface area contributed by atoms with E-state index in [4.69, 9.17) is 4.74 Å². The van der Waals surface area contributed by atoms with Gasteiger partial charge in [-0.15, -0.1) is 16.8 Å². The molecule has 2 rings (SSSR count). The van der Waals surface area contributed by atoms with Gasteiger partial charge < -0.3 is 4.74 Å². The molecule has 0 aliphatic carbocycles. The van der Waals surface area contributed by atoms with E-state index in [0.29, 0.717) is 19.1 Å². The maximum Gasteiger partial charge on any atom is 0.191 e. The minimum absolute atomic E-state index is 0.411. The van der Waals surface area contributed by atoms with Gasteiger partial charge in [0.2, 0.25) is 0 Å². The van der Waals surface area contributed by atoms with Crippen LogP contribution in [0, 0.1) is 5.92 Å². The molecule has 124 valence electrons. The molecule has 5 heteroatoms. The average molecular weight is 331 g/mol. The number of hydrogen-bond acceptors (Lipinski definition) is 4. The van der Waals surface area contributed by atoms with Crippen LogP contribution in [-0.2, 0) is 19.6 Å². The standard InChI is InChI=1S/C18H25N3OS/c1-5-11-21-17(19-20-18(21)23-13-14(3)4)12-22-16-9-7-15(6-2)8-10-16/h5,7-10,14H,1,6,11-13H2,2-4H3. The lowest BCUT2D eigenvalue weighted by molar-refractivity contribution is 0.289. The molecule has 0 amide bonds. The Morgan fingerprint density at radius 1 is 1.26 bits per heavy atom. The summed E-state index contributed by atoms with van der Waals surface area (Å²) in [6, 6.07) is 8.18. The van der Waals surface area contributed by atoms with E-state index in [2.05, 4.69) is 54.2 Å². The molecule has 23 heavy (non-hydrogen) atoms. The first-order valence-electron chi connectivity index (χ1n) is 8.01. The average Bonchev–Trinajstić information content (AvgIpc) is 2.94. The predicted molar refractivity (Wildman–Crippen MR) is 95.9 cm³/mol. The third-order valence-corrected chi connectivity index (χ3v) is 4.74. The molecular formula is C18H25N3OS. The highest BCUT2D eigenvalue weighted by Crippen LogP contribution is 2.21. The van der Waals surface area contributed by atoms with Crippen LogP contribution in [-0.4, -0.2) is 20.5 Å². The zero-order chi connectivity index (χ0) is 16.7. The molecule has 0 aliphatic rings. The zero-order valence-corrected chi connectivity index (χ0v) is 15.0. The lowest BCUT2D eigenvalue weighted by Crippen LogP contribution is -2.08.